The van der Waals surface area contributed by atoms with Gasteiger partial charge in [0, 0.05) is 4.88 Å². The number of hydrogen-bond donors (Lipinski definition) is 2. The van der Waals surface area contributed by atoms with Crippen LogP contribution >= 0.6 is 11.3 Å². The van der Waals surface area contributed by atoms with Gasteiger partial charge in [-0.15, -0.1) is 11.3 Å². The normalized spacial score (nSPS) is 11.7. The van der Waals surface area contributed by atoms with Crippen LogP contribution in [0.3, 0.4) is 0 Å². The summed E-state index contributed by atoms with van der Waals surface area (Å²) in [5.41, 5.74) is 4.66. The second-order valence-corrected chi connectivity index (χ2v) is 5.32. The Labute approximate surface area is 120 Å². The Morgan fingerprint density at radius 3 is 2.43 bits per heavy atom. The molecule has 0 fully saturated rings. The Bertz CT molecular complexity index is 722. The minimum atomic E-state index is -4.83. The van der Waals surface area contributed by atoms with Crippen LogP contribution in [0.25, 0.3) is 10.4 Å². The molecule has 1 heterocycles. The number of alkyl halides is 3. The van der Waals surface area contributed by atoms with E-state index >= 15 is 0 Å². The van der Waals surface area contributed by atoms with Gasteiger partial charge in [-0.1, -0.05) is 6.07 Å². The van der Waals surface area contributed by atoms with Crippen LogP contribution in [0.2, 0.25) is 0 Å². The third-order valence-corrected chi connectivity index (χ3v) is 4.27. The molecule has 3 nitrogen and oxygen atoms in total. The summed E-state index contributed by atoms with van der Waals surface area (Å²) in [7, 11) is 0. The van der Waals surface area contributed by atoms with Crippen LogP contribution in [0.4, 0.5) is 23.2 Å². The van der Waals surface area contributed by atoms with Crippen LogP contribution < -0.4 is 5.73 Å². The highest BCUT2D eigenvalue weighted by Gasteiger charge is 2.34. The Kier molecular flexibility index (Phi) is 3.66. The first-order chi connectivity index (χ1) is 9.62. The number of benzene rings is 1. The Morgan fingerprint density at radius 1 is 1.33 bits per heavy atom. The largest absolute Gasteiger partial charge is 0.477 e. The van der Waals surface area contributed by atoms with Crippen molar-refractivity contribution in [3.05, 3.63) is 40.0 Å². The topological polar surface area (TPSA) is 63.3 Å². The summed E-state index contributed by atoms with van der Waals surface area (Å²) in [4.78, 5) is 11.1. The number of carbonyl (C=O) groups is 1. The molecule has 0 unspecified atom stereocenters. The van der Waals surface area contributed by atoms with Crippen LogP contribution in [0, 0.1) is 12.7 Å². The van der Waals surface area contributed by atoms with Crippen LogP contribution in [-0.2, 0) is 6.18 Å². The predicted molar refractivity (Wildman–Crippen MR) is 70.8 cm³/mol. The van der Waals surface area contributed by atoms with Gasteiger partial charge in [-0.2, -0.15) is 13.2 Å². The van der Waals surface area contributed by atoms with Gasteiger partial charge in [0.05, 0.1) is 11.3 Å². The maximum atomic E-state index is 13.3. The first-order valence-electron chi connectivity index (χ1n) is 5.62. The van der Waals surface area contributed by atoms with Crippen LogP contribution in [0.1, 0.15) is 20.8 Å². The average molecular weight is 319 g/mol. The van der Waals surface area contributed by atoms with E-state index in [1.165, 1.54) is 6.92 Å². The van der Waals surface area contributed by atoms with E-state index in [-0.39, 0.29) is 21.0 Å². The maximum absolute atomic E-state index is 13.3. The molecule has 0 atom stereocenters. The molecule has 0 amide bonds. The lowest BCUT2D eigenvalue weighted by atomic mass is 10.1. The minimum Gasteiger partial charge on any atom is -0.477 e. The van der Waals surface area contributed by atoms with Crippen molar-refractivity contribution in [1.29, 1.82) is 0 Å². The van der Waals surface area contributed by atoms with E-state index in [0.29, 0.717) is 17.7 Å². The van der Waals surface area contributed by atoms with Crippen molar-refractivity contribution in [1.82, 2.24) is 0 Å². The van der Waals surface area contributed by atoms with Crippen LogP contribution in [0.15, 0.2) is 18.2 Å². The van der Waals surface area contributed by atoms with Gasteiger partial charge in [0.25, 0.3) is 0 Å². The molecule has 112 valence electrons. The number of halogens is 4. The number of nitrogen functional groups attached to an aromatic ring is 1. The minimum absolute atomic E-state index is 0.000355. The highest BCUT2D eigenvalue weighted by molar-refractivity contribution is 7.18. The standard InChI is InChI=1S/C13H9F4NO2S/c1-5-9(18)11(12(19)20)21-10(5)6-2-3-8(14)7(4-6)13(15,16)17/h2-4H,18H2,1H3,(H,19,20). The zero-order chi connectivity index (χ0) is 15.9. The van der Waals surface area contributed by atoms with Crippen molar-refractivity contribution in [2.24, 2.45) is 0 Å². The summed E-state index contributed by atoms with van der Waals surface area (Å²) in [6, 6.07) is 2.52. The van der Waals surface area contributed by atoms with Gasteiger partial charge in [0.2, 0.25) is 0 Å². The molecule has 2 rings (SSSR count). The van der Waals surface area contributed by atoms with Crippen molar-refractivity contribution < 1.29 is 27.5 Å². The van der Waals surface area contributed by atoms with E-state index in [1.54, 1.807) is 0 Å². The number of thiophene rings is 1. The van der Waals surface area contributed by atoms with Crippen molar-refractivity contribution in [2.45, 2.75) is 13.1 Å². The summed E-state index contributed by atoms with van der Waals surface area (Å²) < 4.78 is 51.4. The zero-order valence-electron chi connectivity index (χ0n) is 10.6. The van der Waals surface area contributed by atoms with E-state index in [0.717, 1.165) is 17.4 Å². The molecule has 0 bridgehead atoms. The van der Waals surface area contributed by atoms with Gasteiger partial charge in [-0.3, -0.25) is 0 Å². The highest BCUT2D eigenvalue weighted by atomic mass is 32.1. The van der Waals surface area contributed by atoms with E-state index < -0.39 is 23.5 Å². The molecule has 8 heteroatoms. The van der Waals surface area contributed by atoms with E-state index in [4.69, 9.17) is 10.8 Å². The number of hydrogen-bond acceptors (Lipinski definition) is 3. The fourth-order valence-electron chi connectivity index (χ4n) is 1.84. The lowest BCUT2D eigenvalue weighted by Crippen LogP contribution is -2.08. The summed E-state index contributed by atoms with van der Waals surface area (Å²) >= 11 is 0.758. The van der Waals surface area contributed by atoms with Gasteiger partial charge >= 0.3 is 12.1 Å². The molecular formula is C13H9F4NO2S. The molecule has 0 aliphatic rings. The molecule has 0 spiro atoms. The van der Waals surface area contributed by atoms with E-state index in [2.05, 4.69) is 0 Å². The molecule has 3 N–H and O–H groups in total. The fourth-order valence-corrected chi connectivity index (χ4v) is 2.91. The second-order valence-electron chi connectivity index (χ2n) is 4.30. The first kappa shape index (κ1) is 15.3. The number of rotatable bonds is 2. The molecule has 0 radical (unpaired) electrons. The summed E-state index contributed by atoms with van der Waals surface area (Å²) in [6.07, 6.45) is -4.83. The number of aromatic carboxylic acids is 1. The first-order valence-corrected chi connectivity index (χ1v) is 6.44. The lowest BCUT2D eigenvalue weighted by Gasteiger charge is -2.09. The number of carboxylic acid groups (broad SMARTS) is 1. The van der Waals surface area contributed by atoms with Gasteiger partial charge in [-0.25, -0.2) is 9.18 Å². The Hall–Kier alpha value is -2.09. The van der Waals surface area contributed by atoms with Crippen LogP contribution in [-0.4, -0.2) is 11.1 Å². The molecule has 21 heavy (non-hydrogen) atoms. The van der Waals surface area contributed by atoms with Crippen molar-refractivity contribution in [3.63, 3.8) is 0 Å². The van der Waals surface area contributed by atoms with E-state index in [1.807, 2.05) is 0 Å². The van der Waals surface area contributed by atoms with Crippen molar-refractivity contribution in [2.75, 3.05) is 5.73 Å². The third kappa shape index (κ3) is 2.71. The molecule has 0 saturated carbocycles. The van der Waals surface area contributed by atoms with Crippen molar-refractivity contribution >= 4 is 23.0 Å². The smallest absolute Gasteiger partial charge is 0.419 e. The molecule has 0 aliphatic carbocycles. The number of nitrogens with two attached hydrogens (primary N) is 1. The zero-order valence-corrected chi connectivity index (χ0v) is 11.4. The predicted octanol–water partition coefficient (Wildman–Crippen LogP) is 4.16. The number of anilines is 1. The number of carboxylic acids is 1. The van der Waals surface area contributed by atoms with Gasteiger partial charge in [0.15, 0.2) is 0 Å². The van der Waals surface area contributed by atoms with Crippen LogP contribution in [0.5, 0.6) is 0 Å². The molecule has 2 aromatic rings. The SMILES string of the molecule is Cc1c(-c2ccc(F)c(C(F)(F)F)c2)sc(C(=O)O)c1N. The monoisotopic (exact) mass is 319 g/mol. The van der Waals surface area contributed by atoms with E-state index in [9.17, 15) is 22.4 Å². The summed E-state index contributed by atoms with van der Waals surface area (Å²) in [5.74, 6) is -2.64. The Morgan fingerprint density at radius 2 is 1.95 bits per heavy atom. The second kappa shape index (κ2) is 5.03. The van der Waals surface area contributed by atoms with Gasteiger partial charge < -0.3 is 10.8 Å². The molecule has 1 aromatic heterocycles. The molecular weight excluding hydrogens is 310 g/mol. The maximum Gasteiger partial charge on any atom is 0.419 e. The Balaban J connectivity index is 2.64. The van der Waals surface area contributed by atoms with Crippen molar-refractivity contribution in [3.8, 4) is 10.4 Å². The summed E-state index contributed by atoms with van der Waals surface area (Å²) in [5, 5.41) is 8.97. The summed E-state index contributed by atoms with van der Waals surface area (Å²) in [6.45, 7) is 1.50. The lowest BCUT2D eigenvalue weighted by molar-refractivity contribution is -0.139. The molecule has 0 aliphatic heterocycles. The van der Waals surface area contributed by atoms with Gasteiger partial charge in [-0.05, 0) is 30.2 Å². The highest BCUT2D eigenvalue weighted by Crippen LogP contribution is 2.40. The average Bonchev–Trinajstić information content (AvgIpc) is 2.66. The quantitative estimate of drug-likeness (QED) is 0.817. The molecule has 1 aromatic carbocycles. The molecule has 0 saturated heterocycles. The third-order valence-electron chi connectivity index (χ3n) is 2.92. The van der Waals surface area contributed by atoms with Gasteiger partial charge in [0.1, 0.15) is 10.7 Å². The fraction of sp³-hybridized carbons (Fsp3) is 0.154.